The zero-order valence-corrected chi connectivity index (χ0v) is 11.4. The maximum atomic E-state index is 12.2. The lowest BCUT2D eigenvalue weighted by atomic mass is 9.99. The highest BCUT2D eigenvalue weighted by Gasteiger charge is 2.33. The molecule has 0 aliphatic carbocycles. The maximum absolute atomic E-state index is 12.2. The second-order valence-electron chi connectivity index (χ2n) is 4.66. The molecule has 6 nitrogen and oxygen atoms in total. The van der Waals surface area contributed by atoms with E-state index < -0.39 is 16.3 Å². The molecule has 0 spiro atoms. The first-order valence-electron chi connectivity index (χ1n) is 5.99. The molecule has 1 aliphatic heterocycles. The van der Waals surface area contributed by atoms with Crippen LogP contribution in [0.4, 0.5) is 0 Å². The van der Waals surface area contributed by atoms with Gasteiger partial charge in [-0.05, 0) is 25.3 Å². The lowest BCUT2D eigenvalue weighted by Gasteiger charge is -2.35. The van der Waals surface area contributed by atoms with E-state index in [4.69, 9.17) is 5.73 Å². The topological polar surface area (TPSA) is 86.9 Å². The molecule has 1 rings (SSSR count). The quantitative estimate of drug-likeness (QED) is 0.682. The second kappa shape index (κ2) is 6.10. The van der Waals surface area contributed by atoms with Gasteiger partial charge in [0, 0.05) is 26.7 Å². The molecule has 0 aromatic rings. The molecule has 2 unspecified atom stereocenters. The lowest BCUT2D eigenvalue weighted by molar-refractivity contribution is 0.0611. The van der Waals surface area contributed by atoms with Crippen molar-refractivity contribution < 1.29 is 13.5 Å². The average Bonchev–Trinajstić information content (AvgIpc) is 2.29. The van der Waals surface area contributed by atoms with Gasteiger partial charge in [0.25, 0.3) is 10.2 Å². The SMILES string of the molecule is CC1CN(S(=O)(=O)N(C)CCCN)CCC1O. The molecular weight excluding hydrogens is 242 g/mol. The number of nitrogens with two attached hydrogens (primary N) is 1. The van der Waals surface area contributed by atoms with Crippen molar-refractivity contribution in [1.82, 2.24) is 8.61 Å². The van der Waals surface area contributed by atoms with Crippen molar-refractivity contribution in [2.24, 2.45) is 11.7 Å². The molecule has 0 radical (unpaired) electrons. The number of hydrogen-bond donors (Lipinski definition) is 2. The summed E-state index contributed by atoms with van der Waals surface area (Å²) in [6, 6.07) is 0. The fraction of sp³-hybridized carbons (Fsp3) is 1.00. The first-order chi connectivity index (χ1) is 7.89. The molecule has 0 aromatic heterocycles. The molecule has 1 heterocycles. The molecule has 0 amide bonds. The Kier molecular flexibility index (Phi) is 5.33. The molecule has 1 fully saturated rings. The van der Waals surface area contributed by atoms with Gasteiger partial charge in [0.15, 0.2) is 0 Å². The minimum Gasteiger partial charge on any atom is -0.393 e. The molecular formula is C10H23N3O3S. The molecule has 7 heteroatoms. The van der Waals surface area contributed by atoms with E-state index in [0.717, 1.165) is 0 Å². The third-order valence-electron chi connectivity index (χ3n) is 3.22. The highest BCUT2D eigenvalue weighted by molar-refractivity contribution is 7.86. The third-order valence-corrected chi connectivity index (χ3v) is 5.17. The molecule has 17 heavy (non-hydrogen) atoms. The maximum Gasteiger partial charge on any atom is 0.281 e. The van der Waals surface area contributed by atoms with Gasteiger partial charge in [-0.15, -0.1) is 0 Å². The first kappa shape index (κ1) is 14.8. The fourth-order valence-corrected chi connectivity index (χ4v) is 3.44. The van der Waals surface area contributed by atoms with Gasteiger partial charge in [0.05, 0.1) is 6.10 Å². The highest BCUT2D eigenvalue weighted by atomic mass is 32.2. The lowest BCUT2D eigenvalue weighted by Crippen LogP contribution is -2.50. The summed E-state index contributed by atoms with van der Waals surface area (Å²) >= 11 is 0. The molecule has 1 saturated heterocycles. The summed E-state index contributed by atoms with van der Waals surface area (Å²) in [5, 5.41) is 9.59. The van der Waals surface area contributed by atoms with Crippen LogP contribution in [0.2, 0.25) is 0 Å². The van der Waals surface area contributed by atoms with Crippen molar-refractivity contribution in [1.29, 1.82) is 0 Å². The van der Waals surface area contributed by atoms with Gasteiger partial charge in [-0.1, -0.05) is 6.92 Å². The van der Waals surface area contributed by atoms with E-state index in [2.05, 4.69) is 0 Å². The van der Waals surface area contributed by atoms with Gasteiger partial charge >= 0.3 is 0 Å². The highest BCUT2D eigenvalue weighted by Crippen LogP contribution is 2.20. The minimum absolute atomic E-state index is 0.0126. The van der Waals surface area contributed by atoms with Crippen LogP contribution in [0.25, 0.3) is 0 Å². The molecule has 0 saturated carbocycles. The Morgan fingerprint density at radius 2 is 2.18 bits per heavy atom. The summed E-state index contributed by atoms with van der Waals surface area (Å²) in [6.45, 7) is 3.56. The Morgan fingerprint density at radius 3 is 2.71 bits per heavy atom. The van der Waals surface area contributed by atoms with Crippen LogP contribution in [-0.2, 0) is 10.2 Å². The van der Waals surface area contributed by atoms with Crippen molar-refractivity contribution >= 4 is 10.2 Å². The van der Waals surface area contributed by atoms with Crippen LogP contribution in [0, 0.1) is 5.92 Å². The van der Waals surface area contributed by atoms with E-state index in [0.29, 0.717) is 39.0 Å². The van der Waals surface area contributed by atoms with Crippen LogP contribution < -0.4 is 5.73 Å². The van der Waals surface area contributed by atoms with Crippen LogP contribution >= 0.6 is 0 Å². The van der Waals surface area contributed by atoms with Crippen LogP contribution in [0.1, 0.15) is 19.8 Å². The Morgan fingerprint density at radius 1 is 1.53 bits per heavy atom. The van der Waals surface area contributed by atoms with E-state index in [-0.39, 0.29) is 5.92 Å². The summed E-state index contributed by atoms with van der Waals surface area (Å²) < 4.78 is 27.1. The Balaban J connectivity index is 2.64. The number of aliphatic hydroxyl groups excluding tert-OH is 1. The summed E-state index contributed by atoms with van der Waals surface area (Å²) in [4.78, 5) is 0. The monoisotopic (exact) mass is 265 g/mol. The Bertz CT molecular complexity index is 334. The van der Waals surface area contributed by atoms with Crippen molar-refractivity contribution in [3.63, 3.8) is 0 Å². The number of rotatable bonds is 5. The first-order valence-corrected chi connectivity index (χ1v) is 7.38. The molecule has 3 N–H and O–H groups in total. The van der Waals surface area contributed by atoms with Gasteiger partial charge in [-0.3, -0.25) is 0 Å². The predicted molar refractivity (Wildman–Crippen MR) is 66.6 cm³/mol. The Labute approximate surface area is 104 Å². The number of aliphatic hydroxyl groups is 1. The number of nitrogens with zero attached hydrogens (tertiary/aromatic N) is 2. The van der Waals surface area contributed by atoms with Crippen molar-refractivity contribution in [3.8, 4) is 0 Å². The standard InChI is InChI=1S/C10H23N3O3S/c1-9-8-13(7-4-10(9)14)17(15,16)12(2)6-3-5-11/h9-10,14H,3-8,11H2,1-2H3. The molecule has 102 valence electrons. The van der Waals surface area contributed by atoms with Crippen LogP contribution in [-0.4, -0.2) is 61.5 Å². The van der Waals surface area contributed by atoms with Gasteiger partial charge in [-0.25, -0.2) is 0 Å². The molecule has 2 atom stereocenters. The van der Waals surface area contributed by atoms with E-state index in [9.17, 15) is 13.5 Å². The van der Waals surface area contributed by atoms with Crippen molar-refractivity contribution in [3.05, 3.63) is 0 Å². The summed E-state index contributed by atoms with van der Waals surface area (Å²) in [5.41, 5.74) is 5.37. The fourth-order valence-electron chi connectivity index (χ4n) is 1.93. The zero-order chi connectivity index (χ0) is 13.1. The second-order valence-corrected chi connectivity index (χ2v) is 6.70. The largest absolute Gasteiger partial charge is 0.393 e. The smallest absolute Gasteiger partial charge is 0.281 e. The Hall–Kier alpha value is -0.210. The normalized spacial score (nSPS) is 27.6. The number of hydrogen-bond acceptors (Lipinski definition) is 4. The van der Waals surface area contributed by atoms with Crippen LogP contribution in [0.3, 0.4) is 0 Å². The predicted octanol–water partition coefficient (Wildman–Crippen LogP) is -0.785. The molecule has 1 aliphatic rings. The zero-order valence-electron chi connectivity index (χ0n) is 10.5. The molecule has 0 bridgehead atoms. The van der Waals surface area contributed by atoms with E-state index in [1.807, 2.05) is 6.92 Å². The summed E-state index contributed by atoms with van der Waals surface area (Å²) in [7, 11) is -1.82. The molecule has 0 aromatic carbocycles. The van der Waals surface area contributed by atoms with Gasteiger partial charge in [-0.2, -0.15) is 17.0 Å². The minimum atomic E-state index is -3.39. The average molecular weight is 265 g/mol. The summed E-state index contributed by atoms with van der Waals surface area (Å²) in [5.74, 6) is -0.0126. The number of piperidine rings is 1. The van der Waals surface area contributed by atoms with Gasteiger partial charge in [0.2, 0.25) is 0 Å². The third kappa shape index (κ3) is 3.62. The van der Waals surface area contributed by atoms with Crippen LogP contribution in [0.5, 0.6) is 0 Å². The van der Waals surface area contributed by atoms with E-state index >= 15 is 0 Å². The van der Waals surface area contributed by atoms with Crippen molar-refractivity contribution in [2.45, 2.75) is 25.9 Å². The van der Waals surface area contributed by atoms with Crippen LogP contribution in [0.15, 0.2) is 0 Å². The van der Waals surface area contributed by atoms with Gasteiger partial charge in [0.1, 0.15) is 0 Å². The van der Waals surface area contributed by atoms with E-state index in [1.54, 1.807) is 7.05 Å². The van der Waals surface area contributed by atoms with Crippen molar-refractivity contribution in [2.75, 3.05) is 33.2 Å². The summed E-state index contributed by atoms with van der Waals surface area (Å²) in [6.07, 6.45) is 0.767. The van der Waals surface area contributed by atoms with Gasteiger partial charge < -0.3 is 10.8 Å². The van der Waals surface area contributed by atoms with E-state index in [1.165, 1.54) is 8.61 Å².